The van der Waals surface area contributed by atoms with Gasteiger partial charge in [0.25, 0.3) is 0 Å². The van der Waals surface area contributed by atoms with Gasteiger partial charge in [0, 0.05) is 7.05 Å². The Hall–Kier alpha value is -1.45. The van der Waals surface area contributed by atoms with Gasteiger partial charge in [-0.2, -0.15) is 0 Å². The van der Waals surface area contributed by atoms with E-state index in [1.807, 2.05) is 0 Å². The summed E-state index contributed by atoms with van der Waals surface area (Å²) in [4.78, 5) is 14.5. The molecule has 1 N–H and O–H groups in total. The Kier molecular flexibility index (Phi) is 2.38. The number of pyridine rings is 1. The summed E-state index contributed by atoms with van der Waals surface area (Å²) in [6.07, 6.45) is 1.03. The first-order valence-electron chi connectivity index (χ1n) is 3.49. The molecule has 0 aromatic carbocycles. The number of ketones is 1. The summed E-state index contributed by atoms with van der Waals surface area (Å²) in [7, 11) is 1.66. The van der Waals surface area contributed by atoms with Crippen LogP contribution in [0.5, 0.6) is 0 Å². The Morgan fingerprint density at radius 2 is 2.33 bits per heavy atom. The Morgan fingerprint density at radius 3 is 2.83 bits per heavy atom. The molecule has 0 unspecified atom stereocenters. The zero-order valence-corrected chi connectivity index (χ0v) is 6.89. The van der Waals surface area contributed by atoms with Gasteiger partial charge in [0.15, 0.2) is 11.6 Å². The molecule has 1 heterocycles. The predicted molar refractivity (Wildman–Crippen MR) is 43.7 cm³/mol. The molecule has 12 heavy (non-hydrogen) atoms. The maximum Gasteiger partial charge on any atom is 0.162 e. The maximum absolute atomic E-state index is 12.8. The molecule has 0 bridgehead atoms. The van der Waals surface area contributed by atoms with Gasteiger partial charge < -0.3 is 5.32 Å². The molecule has 0 fully saturated rings. The second kappa shape index (κ2) is 3.30. The number of nitrogens with zero attached hydrogens (tertiary/aromatic N) is 1. The van der Waals surface area contributed by atoms with E-state index in [4.69, 9.17) is 0 Å². The number of Topliss-reactive ketones (excluding diaryl/α,β-unsaturated/α-hetero) is 1. The van der Waals surface area contributed by atoms with Gasteiger partial charge in [-0.25, -0.2) is 9.37 Å². The number of hydrogen-bond acceptors (Lipinski definition) is 3. The molecule has 0 amide bonds. The largest absolute Gasteiger partial charge is 0.373 e. The minimum Gasteiger partial charge on any atom is -0.373 e. The van der Waals surface area contributed by atoms with Crippen LogP contribution >= 0.6 is 0 Å². The van der Waals surface area contributed by atoms with Crippen molar-refractivity contribution in [3.05, 3.63) is 23.6 Å². The van der Waals surface area contributed by atoms with Gasteiger partial charge in [-0.05, 0) is 13.0 Å². The molecule has 0 aliphatic carbocycles. The average molecular weight is 168 g/mol. The molecule has 0 saturated heterocycles. The summed E-state index contributed by atoms with van der Waals surface area (Å²) in [6.45, 7) is 1.32. The molecule has 3 nitrogen and oxygen atoms in total. The van der Waals surface area contributed by atoms with Crippen molar-refractivity contribution in [1.82, 2.24) is 4.98 Å². The van der Waals surface area contributed by atoms with Crippen molar-refractivity contribution in [1.29, 1.82) is 0 Å². The number of aromatic nitrogens is 1. The molecule has 1 rings (SSSR count). The van der Waals surface area contributed by atoms with Crippen LogP contribution < -0.4 is 5.32 Å². The van der Waals surface area contributed by atoms with E-state index in [9.17, 15) is 9.18 Å². The van der Waals surface area contributed by atoms with E-state index in [-0.39, 0.29) is 11.3 Å². The molecule has 0 saturated carbocycles. The quantitative estimate of drug-likeness (QED) is 0.680. The van der Waals surface area contributed by atoms with Crippen molar-refractivity contribution in [2.24, 2.45) is 0 Å². The van der Waals surface area contributed by atoms with Crippen LogP contribution in [0.4, 0.5) is 10.2 Å². The Bertz CT molecular complexity index is 312. The first-order valence-corrected chi connectivity index (χ1v) is 3.49. The van der Waals surface area contributed by atoms with Gasteiger partial charge in [0.2, 0.25) is 0 Å². The lowest BCUT2D eigenvalue weighted by molar-refractivity contribution is 0.101. The summed E-state index contributed by atoms with van der Waals surface area (Å²) in [6, 6.07) is 1.39. The summed E-state index contributed by atoms with van der Waals surface area (Å²) in [5.74, 6) is -0.394. The second-order valence-corrected chi connectivity index (χ2v) is 2.36. The van der Waals surface area contributed by atoms with Crippen LogP contribution in [0, 0.1) is 5.82 Å². The molecule has 0 spiro atoms. The van der Waals surface area contributed by atoms with Crippen molar-refractivity contribution in [3.8, 4) is 0 Å². The third kappa shape index (κ3) is 1.58. The number of anilines is 1. The number of carbonyl (C=O) groups excluding carboxylic acids is 1. The lowest BCUT2D eigenvalue weighted by Crippen LogP contribution is -2.01. The van der Waals surface area contributed by atoms with Crippen LogP contribution in [0.15, 0.2) is 12.3 Å². The van der Waals surface area contributed by atoms with E-state index < -0.39 is 5.82 Å². The number of rotatable bonds is 2. The highest BCUT2D eigenvalue weighted by molar-refractivity contribution is 5.94. The third-order valence-corrected chi connectivity index (χ3v) is 1.49. The fourth-order valence-electron chi connectivity index (χ4n) is 0.845. The fraction of sp³-hybridized carbons (Fsp3) is 0.250. The summed E-state index contributed by atoms with van der Waals surface area (Å²) in [5.41, 5.74) is 0.0642. The van der Waals surface area contributed by atoms with Gasteiger partial charge in [-0.15, -0.1) is 0 Å². The van der Waals surface area contributed by atoms with Gasteiger partial charge >= 0.3 is 0 Å². The molecule has 1 aromatic rings. The van der Waals surface area contributed by atoms with E-state index >= 15 is 0 Å². The lowest BCUT2D eigenvalue weighted by atomic mass is 10.2. The number of carbonyl (C=O) groups is 1. The molecular formula is C8H9FN2O. The fourth-order valence-corrected chi connectivity index (χ4v) is 0.845. The SMILES string of the molecule is CNc1cc(C(C)=O)c(F)cn1. The van der Waals surface area contributed by atoms with Gasteiger partial charge in [-0.3, -0.25) is 4.79 Å². The summed E-state index contributed by atoms with van der Waals surface area (Å²) < 4.78 is 12.8. The molecular weight excluding hydrogens is 159 g/mol. The lowest BCUT2D eigenvalue weighted by Gasteiger charge is -2.01. The third-order valence-electron chi connectivity index (χ3n) is 1.49. The van der Waals surface area contributed by atoms with Crippen molar-refractivity contribution in [2.45, 2.75) is 6.92 Å². The van der Waals surface area contributed by atoms with Crippen LogP contribution in [0.3, 0.4) is 0 Å². The summed E-state index contributed by atoms with van der Waals surface area (Å²) in [5, 5.41) is 2.72. The van der Waals surface area contributed by atoms with E-state index in [0.29, 0.717) is 5.82 Å². The van der Waals surface area contributed by atoms with Crippen LogP contribution in [-0.2, 0) is 0 Å². The average Bonchev–Trinajstić information content (AvgIpc) is 2.05. The zero-order chi connectivity index (χ0) is 9.14. The first-order chi connectivity index (χ1) is 5.65. The number of hydrogen-bond donors (Lipinski definition) is 1. The van der Waals surface area contributed by atoms with Gasteiger partial charge in [0.1, 0.15) is 5.82 Å². The minimum atomic E-state index is -0.582. The Balaban J connectivity index is 3.17. The Morgan fingerprint density at radius 1 is 1.67 bits per heavy atom. The van der Waals surface area contributed by atoms with E-state index in [2.05, 4.69) is 10.3 Å². The molecule has 4 heteroatoms. The van der Waals surface area contributed by atoms with E-state index in [0.717, 1.165) is 6.20 Å². The minimum absolute atomic E-state index is 0.0642. The summed E-state index contributed by atoms with van der Waals surface area (Å²) >= 11 is 0. The van der Waals surface area contributed by atoms with Crippen LogP contribution in [0.1, 0.15) is 17.3 Å². The number of nitrogens with one attached hydrogen (secondary N) is 1. The molecule has 64 valence electrons. The molecule has 0 atom stereocenters. The van der Waals surface area contributed by atoms with Crippen LogP contribution in [0.25, 0.3) is 0 Å². The highest BCUT2D eigenvalue weighted by Crippen LogP contribution is 2.11. The maximum atomic E-state index is 12.8. The molecule has 0 radical (unpaired) electrons. The normalized spacial score (nSPS) is 9.58. The highest BCUT2D eigenvalue weighted by atomic mass is 19.1. The second-order valence-electron chi connectivity index (χ2n) is 2.36. The smallest absolute Gasteiger partial charge is 0.162 e. The standard InChI is InChI=1S/C8H9FN2O/c1-5(12)6-3-8(10-2)11-4-7(6)9/h3-4H,1-2H3,(H,10,11). The highest BCUT2D eigenvalue weighted by Gasteiger charge is 2.07. The Labute approximate surface area is 69.6 Å². The first kappa shape index (κ1) is 8.64. The monoisotopic (exact) mass is 168 g/mol. The van der Waals surface area contributed by atoms with Gasteiger partial charge in [0.05, 0.1) is 11.8 Å². The zero-order valence-electron chi connectivity index (χ0n) is 6.89. The van der Waals surface area contributed by atoms with E-state index in [1.54, 1.807) is 7.05 Å². The van der Waals surface area contributed by atoms with Crippen LogP contribution in [-0.4, -0.2) is 17.8 Å². The van der Waals surface area contributed by atoms with Crippen molar-refractivity contribution in [3.63, 3.8) is 0 Å². The van der Waals surface area contributed by atoms with Crippen molar-refractivity contribution in [2.75, 3.05) is 12.4 Å². The van der Waals surface area contributed by atoms with Crippen molar-refractivity contribution >= 4 is 11.6 Å². The molecule has 0 aliphatic heterocycles. The molecule has 1 aromatic heterocycles. The van der Waals surface area contributed by atoms with Crippen molar-refractivity contribution < 1.29 is 9.18 Å². The topological polar surface area (TPSA) is 42.0 Å². The number of halogens is 1. The van der Waals surface area contributed by atoms with Gasteiger partial charge in [-0.1, -0.05) is 0 Å². The molecule has 0 aliphatic rings. The van der Waals surface area contributed by atoms with Crippen LogP contribution in [0.2, 0.25) is 0 Å². The predicted octanol–water partition coefficient (Wildman–Crippen LogP) is 1.46. The van der Waals surface area contributed by atoms with E-state index in [1.165, 1.54) is 13.0 Å².